The number of rotatable bonds is 4. The maximum absolute atomic E-state index is 13.4. The minimum Gasteiger partial charge on any atom is -0.378 e. The quantitative estimate of drug-likeness (QED) is 0.819. The van der Waals surface area contributed by atoms with Gasteiger partial charge in [-0.3, -0.25) is 0 Å². The molecule has 1 nitrogen and oxygen atoms in total. The van der Waals surface area contributed by atoms with E-state index in [-0.39, 0.29) is 17.7 Å². The minimum absolute atomic E-state index is 0.0634. The van der Waals surface area contributed by atoms with E-state index in [4.69, 9.17) is 11.6 Å². The van der Waals surface area contributed by atoms with Crippen molar-refractivity contribution >= 4 is 17.3 Å². The van der Waals surface area contributed by atoms with Crippen LogP contribution in [0, 0.1) is 17.6 Å². The van der Waals surface area contributed by atoms with Gasteiger partial charge in [0.1, 0.15) is 11.6 Å². The molecule has 1 atom stereocenters. The van der Waals surface area contributed by atoms with Gasteiger partial charge in [-0.25, -0.2) is 8.78 Å². The number of hydrogen-bond acceptors (Lipinski definition) is 1. The SMILES string of the molecule is Fc1ccc(C(Nc2cc(F)cc(Cl)c2)C2CC2)cc1. The first-order valence-electron chi connectivity index (χ1n) is 6.60. The molecule has 2 aromatic rings. The molecule has 1 aliphatic rings. The predicted octanol–water partition coefficient (Wildman–Crippen LogP) is 5.18. The second-order valence-electron chi connectivity index (χ2n) is 5.17. The van der Waals surface area contributed by atoms with Gasteiger partial charge in [-0.15, -0.1) is 0 Å². The largest absolute Gasteiger partial charge is 0.378 e. The highest BCUT2D eigenvalue weighted by molar-refractivity contribution is 6.30. The Kier molecular flexibility index (Phi) is 3.62. The van der Waals surface area contributed by atoms with E-state index in [1.165, 1.54) is 24.3 Å². The second-order valence-corrected chi connectivity index (χ2v) is 5.61. The number of nitrogens with one attached hydrogen (secondary N) is 1. The summed E-state index contributed by atoms with van der Waals surface area (Å²) in [6.45, 7) is 0. The molecule has 104 valence electrons. The first-order valence-corrected chi connectivity index (χ1v) is 6.98. The molecular weight excluding hydrogens is 280 g/mol. The van der Waals surface area contributed by atoms with E-state index in [9.17, 15) is 8.78 Å². The van der Waals surface area contributed by atoms with Gasteiger partial charge in [0.15, 0.2) is 0 Å². The van der Waals surface area contributed by atoms with Crippen LogP contribution >= 0.6 is 11.6 Å². The van der Waals surface area contributed by atoms with Crippen molar-refractivity contribution in [1.82, 2.24) is 0 Å². The molecule has 1 fully saturated rings. The molecule has 20 heavy (non-hydrogen) atoms. The molecule has 0 heterocycles. The highest BCUT2D eigenvalue weighted by Gasteiger charge is 2.32. The lowest BCUT2D eigenvalue weighted by Crippen LogP contribution is -2.13. The third kappa shape index (κ3) is 3.10. The number of benzene rings is 2. The summed E-state index contributed by atoms with van der Waals surface area (Å²) in [5.74, 6) is -0.117. The number of hydrogen-bond donors (Lipinski definition) is 1. The van der Waals surface area contributed by atoms with Gasteiger partial charge in [-0.05, 0) is 54.7 Å². The van der Waals surface area contributed by atoms with Crippen molar-refractivity contribution in [3.05, 3.63) is 64.7 Å². The van der Waals surface area contributed by atoms with Gasteiger partial charge in [0, 0.05) is 10.7 Å². The van der Waals surface area contributed by atoms with Gasteiger partial charge >= 0.3 is 0 Å². The van der Waals surface area contributed by atoms with Gasteiger partial charge in [0.05, 0.1) is 6.04 Å². The topological polar surface area (TPSA) is 12.0 Å². The van der Waals surface area contributed by atoms with Gasteiger partial charge in [0.2, 0.25) is 0 Å². The second kappa shape index (κ2) is 5.41. The van der Waals surface area contributed by atoms with Crippen LogP contribution in [-0.2, 0) is 0 Å². The van der Waals surface area contributed by atoms with E-state index in [0.717, 1.165) is 18.4 Å². The molecule has 0 saturated heterocycles. The van der Waals surface area contributed by atoms with Crippen molar-refractivity contribution < 1.29 is 8.78 Å². The number of anilines is 1. The fourth-order valence-corrected chi connectivity index (χ4v) is 2.61. The van der Waals surface area contributed by atoms with Crippen LogP contribution in [0.2, 0.25) is 5.02 Å². The van der Waals surface area contributed by atoms with Crippen molar-refractivity contribution in [3.8, 4) is 0 Å². The van der Waals surface area contributed by atoms with Gasteiger partial charge in [-0.1, -0.05) is 23.7 Å². The average molecular weight is 294 g/mol. The van der Waals surface area contributed by atoms with E-state index in [1.807, 2.05) is 0 Å². The molecule has 0 bridgehead atoms. The van der Waals surface area contributed by atoms with E-state index < -0.39 is 0 Å². The Morgan fingerprint density at radius 2 is 1.70 bits per heavy atom. The summed E-state index contributed by atoms with van der Waals surface area (Å²) >= 11 is 5.87. The summed E-state index contributed by atoms with van der Waals surface area (Å²) in [5.41, 5.74) is 1.66. The molecular formula is C16H14ClF2N. The molecule has 0 amide bonds. The van der Waals surface area contributed by atoms with Crippen LogP contribution in [0.5, 0.6) is 0 Å². The lowest BCUT2D eigenvalue weighted by molar-refractivity contribution is 0.621. The molecule has 0 aromatic heterocycles. The Morgan fingerprint density at radius 3 is 2.30 bits per heavy atom. The van der Waals surface area contributed by atoms with Crippen LogP contribution in [0.4, 0.5) is 14.5 Å². The highest BCUT2D eigenvalue weighted by atomic mass is 35.5. The van der Waals surface area contributed by atoms with Crippen molar-refractivity contribution in [2.45, 2.75) is 18.9 Å². The minimum atomic E-state index is -0.367. The maximum Gasteiger partial charge on any atom is 0.126 e. The number of halogens is 3. The lowest BCUT2D eigenvalue weighted by atomic mass is 10.0. The van der Waals surface area contributed by atoms with Crippen LogP contribution in [0.3, 0.4) is 0 Å². The summed E-state index contributed by atoms with van der Waals surface area (Å²) in [6, 6.07) is 10.9. The summed E-state index contributed by atoms with van der Waals surface area (Å²) in [6.07, 6.45) is 2.25. The van der Waals surface area contributed by atoms with Crippen molar-refractivity contribution in [2.24, 2.45) is 5.92 Å². The first kappa shape index (κ1) is 13.4. The van der Waals surface area contributed by atoms with Gasteiger partial charge in [0.25, 0.3) is 0 Å². The summed E-state index contributed by atoms with van der Waals surface area (Å²) in [5, 5.41) is 3.67. The third-order valence-corrected chi connectivity index (χ3v) is 3.73. The zero-order valence-electron chi connectivity index (χ0n) is 10.7. The summed E-state index contributed by atoms with van der Waals surface area (Å²) in [7, 11) is 0. The summed E-state index contributed by atoms with van der Waals surface area (Å²) < 4.78 is 26.4. The Balaban J connectivity index is 1.86. The molecule has 1 aliphatic carbocycles. The monoisotopic (exact) mass is 293 g/mol. The lowest BCUT2D eigenvalue weighted by Gasteiger charge is -2.20. The van der Waals surface area contributed by atoms with Crippen molar-refractivity contribution in [3.63, 3.8) is 0 Å². The molecule has 1 unspecified atom stereocenters. The van der Waals surface area contributed by atoms with Crippen LogP contribution < -0.4 is 5.32 Å². The van der Waals surface area contributed by atoms with Gasteiger partial charge < -0.3 is 5.32 Å². The standard InChI is InChI=1S/C16H14ClF2N/c17-12-7-14(19)9-15(8-12)20-16(10-1-2-10)11-3-5-13(18)6-4-11/h3-10,16,20H,1-2H2. The third-order valence-electron chi connectivity index (χ3n) is 3.51. The Hall–Kier alpha value is -1.61. The van der Waals surface area contributed by atoms with Crippen molar-refractivity contribution in [1.29, 1.82) is 0 Å². The van der Waals surface area contributed by atoms with E-state index in [0.29, 0.717) is 16.6 Å². The molecule has 1 N–H and O–H groups in total. The average Bonchev–Trinajstić information content (AvgIpc) is 3.20. The fourth-order valence-electron chi connectivity index (χ4n) is 2.39. The van der Waals surface area contributed by atoms with E-state index in [1.54, 1.807) is 18.2 Å². The van der Waals surface area contributed by atoms with E-state index >= 15 is 0 Å². The predicted molar refractivity (Wildman–Crippen MR) is 76.9 cm³/mol. The van der Waals surface area contributed by atoms with Gasteiger partial charge in [-0.2, -0.15) is 0 Å². The van der Waals surface area contributed by atoms with Crippen LogP contribution in [0.25, 0.3) is 0 Å². The first-order chi connectivity index (χ1) is 9.61. The zero-order chi connectivity index (χ0) is 14.1. The molecule has 0 aliphatic heterocycles. The Morgan fingerprint density at radius 1 is 1.00 bits per heavy atom. The molecule has 4 heteroatoms. The van der Waals surface area contributed by atoms with E-state index in [2.05, 4.69) is 5.32 Å². The molecule has 0 spiro atoms. The fraction of sp³-hybridized carbons (Fsp3) is 0.250. The van der Waals surface area contributed by atoms with Crippen LogP contribution in [-0.4, -0.2) is 0 Å². The summed E-state index contributed by atoms with van der Waals surface area (Å²) in [4.78, 5) is 0. The molecule has 3 rings (SSSR count). The molecule has 1 saturated carbocycles. The highest BCUT2D eigenvalue weighted by Crippen LogP contribution is 2.43. The molecule has 2 aromatic carbocycles. The Bertz CT molecular complexity index is 588. The smallest absolute Gasteiger partial charge is 0.126 e. The normalized spacial score (nSPS) is 15.9. The zero-order valence-corrected chi connectivity index (χ0v) is 11.5. The Labute approximate surface area is 121 Å². The van der Waals surface area contributed by atoms with Crippen LogP contribution in [0.1, 0.15) is 24.4 Å². The molecule has 0 radical (unpaired) electrons. The van der Waals surface area contributed by atoms with Crippen molar-refractivity contribution in [2.75, 3.05) is 5.32 Å². The maximum atomic E-state index is 13.4. The van der Waals surface area contributed by atoms with Crippen LogP contribution in [0.15, 0.2) is 42.5 Å².